The topological polar surface area (TPSA) is 44.8 Å². The van der Waals surface area contributed by atoms with E-state index in [0.717, 1.165) is 25.7 Å². The third kappa shape index (κ3) is 3.95. The molecular weight excluding hydrogens is 484 g/mol. The van der Waals surface area contributed by atoms with Crippen LogP contribution in [0, 0.1) is 40.4 Å². The summed E-state index contributed by atoms with van der Waals surface area (Å²) < 4.78 is 6.00. The Balaban J connectivity index is 1.25. The average Bonchev–Trinajstić information content (AvgIpc) is 3.30. The van der Waals surface area contributed by atoms with E-state index in [9.17, 15) is 4.79 Å². The van der Waals surface area contributed by atoms with Crippen LogP contribution in [-0.4, -0.2) is 23.3 Å². The Kier molecular flexibility index (Phi) is 6.55. The van der Waals surface area contributed by atoms with Gasteiger partial charge in [0.1, 0.15) is 17.3 Å². The summed E-state index contributed by atoms with van der Waals surface area (Å²) >= 11 is 0. The van der Waals surface area contributed by atoms with E-state index in [1.54, 1.807) is 0 Å². The number of carbonyl (C=O) groups excluding carboxylic acids is 1. The van der Waals surface area contributed by atoms with Crippen LogP contribution in [0.3, 0.4) is 0 Å². The van der Waals surface area contributed by atoms with Crippen LogP contribution in [0.25, 0.3) is 0 Å². The Bertz CT molecular complexity index is 1200. The third-order valence-corrected chi connectivity index (χ3v) is 11.7. The lowest BCUT2D eigenvalue weighted by Crippen LogP contribution is -2.69. The Morgan fingerprint density at radius 2 is 1.77 bits per heavy atom. The Hall–Kier alpha value is -2.17. The first-order valence-electron chi connectivity index (χ1n) is 15.3. The second-order valence-corrected chi connectivity index (χ2v) is 14.1. The largest absolute Gasteiger partial charge is 0.459 e. The van der Waals surface area contributed by atoms with Crippen molar-refractivity contribution >= 4 is 5.97 Å². The molecule has 4 aliphatic carbocycles. The molecule has 39 heavy (non-hydrogen) atoms. The van der Waals surface area contributed by atoms with Crippen molar-refractivity contribution < 1.29 is 19.3 Å². The number of esters is 1. The molecule has 1 aromatic rings. The molecule has 1 saturated heterocycles. The number of hydrogen-bond acceptors (Lipinski definition) is 4. The number of allylic oxidation sites excluding steroid dienone is 3. The van der Waals surface area contributed by atoms with Crippen molar-refractivity contribution in [2.24, 2.45) is 40.4 Å². The van der Waals surface area contributed by atoms with Crippen molar-refractivity contribution in [2.75, 3.05) is 0 Å². The monoisotopic (exact) mass is 530 g/mol. The van der Waals surface area contributed by atoms with Crippen molar-refractivity contribution in [2.45, 2.75) is 97.4 Å². The van der Waals surface area contributed by atoms with E-state index < -0.39 is 11.2 Å². The minimum Gasteiger partial charge on any atom is -0.459 e. The van der Waals surface area contributed by atoms with E-state index in [0.29, 0.717) is 41.6 Å². The molecule has 7 rings (SSSR count). The summed E-state index contributed by atoms with van der Waals surface area (Å²) in [6.45, 7) is 14.2. The molecule has 1 aromatic carbocycles. The van der Waals surface area contributed by atoms with Crippen LogP contribution in [0.5, 0.6) is 0 Å². The van der Waals surface area contributed by atoms with Crippen molar-refractivity contribution in [1.29, 1.82) is 0 Å². The van der Waals surface area contributed by atoms with Crippen molar-refractivity contribution in [3.8, 4) is 0 Å². The van der Waals surface area contributed by atoms with Crippen molar-refractivity contribution in [3.63, 3.8) is 0 Å². The molecule has 4 heteroatoms. The van der Waals surface area contributed by atoms with Crippen LogP contribution in [0.2, 0.25) is 0 Å². The van der Waals surface area contributed by atoms with Gasteiger partial charge in [-0.15, -0.1) is 0 Å². The van der Waals surface area contributed by atoms with Gasteiger partial charge in [0.2, 0.25) is 0 Å². The molecule has 4 nitrogen and oxygen atoms in total. The quantitative estimate of drug-likeness (QED) is 0.211. The summed E-state index contributed by atoms with van der Waals surface area (Å²) in [5.74, 6) is 2.55. The maximum Gasteiger partial charge on any atom is 0.338 e. The van der Waals surface area contributed by atoms with Crippen LogP contribution in [-0.2, 0) is 14.5 Å². The van der Waals surface area contributed by atoms with Gasteiger partial charge >= 0.3 is 5.97 Å². The molecule has 0 radical (unpaired) electrons. The lowest BCUT2D eigenvalue weighted by Gasteiger charge is -2.66. The smallest absolute Gasteiger partial charge is 0.338 e. The maximum absolute atomic E-state index is 12.8. The minimum atomic E-state index is -0.602. The molecule has 3 fully saturated rings. The van der Waals surface area contributed by atoms with Crippen molar-refractivity contribution in [3.05, 3.63) is 71.8 Å². The molecule has 2 aliphatic heterocycles. The Morgan fingerprint density at radius 3 is 2.46 bits per heavy atom. The van der Waals surface area contributed by atoms with Gasteiger partial charge in [-0.05, 0) is 91.0 Å². The average molecular weight is 531 g/mol. The molecule has 210 valence electrons. The molecule has 2 heterocycles. The highest BCUT2D eigenvalue weighted by Crippen LogP contribution is 2.71. The first-order valence-corrected chi connectivity index (χ1v) is 15.3. The van der Waals surface area contributed by atoms with Crippen LogP contribution in [0.4, 0.5) is 0 Å². The zero-order valence-electron chi connectivity index (χ0n) is 24.6. The SMILES string of the molecule is CC(C)[C@@H](C)/C=C/[C@@H](C)[C@@H]1CC[C@@H]2[C@]1(C)CC=C1[C@]23C=C[C@]2(C[C@H](OC(=O)c4ccccc4)CC[C@]12C)OO3. The Labute approximate surface area is 234 Å². The van der Waals surface area contributed by atoms with Gasteiger partial charge in [-0.2, -0.15) is 0 Å². The van der Waals surface area contributed by atoms with E-state index in [4.69, 9.17) is 14.5 Å². The van der Waals surface area contributed by atoms with Gasteiger partial charge < -0.3 is 4.74 Å². The number of fused-ring (bicyclic) bond motifs is 2. The predicted molar refractivity (Wildman–Crippen MR) is 154 cm³/mol. The summed E-state index contributed by atoms with van der Waals surface area (Å²) in [7, 11) is 0. The summed E-state index contributed by atoms with van der Waals surface area (Å²) in [5.41, 5.74) is 0.924. The molecule has 0 aromatic heterocycles. The third-order valence-electron chi connectivity index (χ3n) is 11.7. The summed E-state index contributed by atoms with van der Waals surface area (Å²) in [6.07, 6.45) is 17.7. The van der Waals surface area contributed by atoms with E-state index >= 15 is 0 Å². The summed E-state index contributed by atoms with van der Waals surface area (Å²) in [4.78, 5) is 25.8. The molecule has 0 unspecified atom stereocenters. The van der Waals surface area contributed by atoms with Gasteiger partial charge in [-0.3, -0.25) is 0 Å². The highest BCUT2D eigenvalue weighted by atomic mass is 17.2. The number of ether oxygens (including phenoxy) is 1. The van der Waals surface area contributed by atoms with Crippen LogP contribution in [0.15, 0.2) is 66.3 Å². The van der Waals surface area contributed by atoms with Crippen molar-refractivity contribution in [1.82, 2.24) is 0 Å². The van der Waals surface area contributed by atoms with Gasteiger partial charge in [0.05, 0.1) is 5.56 Å². The molecule has 2 saturated carbocycles. The van der Waals surface area contributed by atoms with E-state index in [2.05, 4.69) is 71.9 Å². The minimum absolute atomic E-state index is 0.159. The molecule has 6 aliphatic rings. The van der Waals surface area contributed by atoms with Crippen LogP contribution in [0.1, 0.15) is 90.4 Å². The zero-order chi connectivity index (χ0) is 27.6. The standard InChI is InChI=1S/C35H46O4/c1-23(2)24(3)12-13-25(4)28-14-15-29-32(28,5)18-17-30-33(6)19-16-27(37-31(36)26-10-8-7-9-11-26)22-34(33)20-21-35(29,30)39-38-34/h7-13,17,20-21,23-25,27-29H,14-16,18-19,22H2,1-6H3/b13-12+/t24-,25+,27+,28-,29+,32+,33+,34+,35-/m0/s1. The fourth-order valence-electron chi connectivity index (χ4n) is 8.89. The zero-order valence-corrected chi connectivity index (χ0v) is 24.6. The summed E-state index contributed by atoms with van der Waals surface area (Å²) in [6, 6.07) is 9.27. The molecule has 0 N–H and O–H groups in total. The highest BCUT2D eigenvalue weighted by molar-refractivity contribution is 5.89. The lowest BCUT2D eigenvalue weighted by molar-refractivity contribution is -0.455. The first-order chi connectivity index (χ1) is 18.5. The van der Waals surface area contributed by atoms with E-state index in [1.165, 1.54) is 12.0 Å². The van der Waals surface area contributed by atoms with Gasteiger partial charge in [0.15, 0.2) is 0 Å². The normalized spacial score (nSPS) is 42.0. The second kappa shape index (κ2) is 9.45. The number of rotatable bonds is 6. The number of carbonyl (C=O) groups is 1. The van der Waals surface area contributed by atoms with Gasteiger partial charge in [-0.25, -0.2) is 14.6 Å². The van der Waals surface area contributed by atoms with E-state index in [1.807, 2.05) is 30.3 Å². The molecular formula is C35H46O4. The van der Waals surface area contributed by atoms with E-state index in [-0.39, 0.29) is 22.9 Å². The molecule has 2 spiro atoms. The molecule has 2 bridgehead atoms. The summed E-state index contributed by atoms with van der Waals surface area (Å²) in [5, 5.41) is 0. The first kappa shape index (κ1) is 27.0. The van der Waals surface area contributed by atoms with Crippen LogP contribution >= 0.6 is 0 Å². The molecule has 9 atom stereocenters. The fourth-order valence-corrected chi connectivity index (χ4v) is 8.89. The highest BCUT2D eigenvalue weighted by Gasteiger charge is 2.72. The van der Waals surface area contributed by atoms with Gasteiger partial charge in [-0.1, -0.05) is 78.0 Å². The Morgan fingerprint density at radius 1 is 1.00 bits per heavy atom. The van der Waals surface area contributed by atoms with Crippen LogP contribution < -0.4 is 0 Å². The van der Waals surface area contributed by atoms with Gasteiger partial charge in [0, 0.05) is 17.8 Å². The fraction of sp³-hybridized carbons (Fsp3) is 0.629. The predicted octanol–water partition coefficient (Wildman–Crippen LogP) is 8.26. The maximum atomic E-state index is 12.8. The number of benzene rings is 1. The second-order valence-electron chi connectivity index (χ2n) is 14.1. The van der Waals surface area contributed by atoms with Gasteiger partial charge in [0.25, 0.3) is 0 Å². The molecule has 0 amide bonds. The lowest BCUT2D eigenvalue weighted by atomic mass is 9.46. The number of hydrogen-bond donors (Lipinski definition) is 0.